The van der Waals surface area contributed by atoms with E-state index in [9.17, 15) is 33.1 Å². The first-order chi connectivity index (χ1) is 35.7. The average Bonchev–Trinajstić information content (AvgIpc) is 3.81. The molecule has 0 atom stereocenters. The van der Waals surface area contributed by atoms with Gasteiger partial charge in [0.25, 0.3) is 28.4 Å². The minimum absolute atomic E-state index is 0.00300. The summed E-state index contributed by atoms with van der Waals surface area (Å²) < 4.78 is 41.2. The number of amides is 3. The van der Waals surface area contributed by atoms with Crippen LogP contribution in [0.5, 0.6) is 11.5 Å². The number of hydrogen-bond donors (Lipinski definition) is 2. The highest BCUT2D eigenvalue weighted by atomic mass is 28.4. The van der Waals surface area contributed by atoms with E-state index in [1.165, 1.54) is 24.3 Å². The quantitative estimate of drug-likeness (QED) is 0.0797. The smallest absolute Gasteiger partial charge is 0.307 e. The Morgan fingerprint density at radius 2 is 0.908 bits per heavy atom. The van der Waals surface area contributed by atoms with Gasteiger partial charge in [0, 0.05) is 50.4 Å². The summed E-state index contributed by atoms with van der Waals surface area (Å²) >= 11 is 0. The highest BCUT2D eigenvalue weighted by molar-refractivity contribution is 6.79. The second-order valence-corrected chi connectivity index (χ2v) is 33.5. The number of carboxylic acid groups (broad SMARTS) is 1. The third-order valence-corrected chi connectivity index (χ3v) is 27.9. The van der Waals surface area contributed by atoms with Crippen LogP contribution in [0.1, 0.15) is 148 Å². The van der Waals surface area contributed by atoms with Crippen molar-refractivity contribution in [1.29, 1.82) is 0 Å². The molecular formula is C60H75F2N5O7Si2. The summed E-state index contributed by atoms with van der Waals surface area (Å²) in [7, 11) is -1.43. The Labute approximate surface area is 448 Å². The van der Waals surface area contributed by atoms with Crippen LogP contribution >= 0.6 is 0 Å². The standard InChI is InChI=1S/C30H38FN3O3Si.C30H37FN2O4Si/c1-17(2)38(18(3)4,19(5)6)37-29-27-25(16-34(7)30(27)36)23(14-26(32)35)24-13-21(15-33-28(24)29)12-20-8-10-22(31)11-9-20;1-17(2)38(18(3)4,19(5)6)37-29-27-25(16-33(7)30(27)36)23(14-26(34)35)24-13-21(15-32-28(24)29)12-20-8-10-22(31)11-9-20/h8-11,13,15,17-19H,12,14,16H2,1-7H3,(H2,32,35);8-11,13,15,17-19H,12,14,16H2,1-7H3,(H,34,35). The van der Waals surface area contributed by atoms with Crippen LogP contribution in [0.3, 0.4) is 0 Å². The molecule has 12 nitrogen and oxygen atoms in total. The van der Waals surface area contributed by atoms with Crippen LogP contribution in [0.2, 0.25) is 33.2 Å². The summed E-state index contributed by atoms with van der Waals surface area (Å²) in [6.07, 6.45) is 4.39. The van der Waals surface area contributed by atoms with E-state index in [1.807, 2.05) is 12.1 Å². The molecule has 76 heavy (non-hydrogen) atoms. The van der Waals surface area contributed by atoms with Crippen LogP contribution in [-0.4, -0.2) is 79.3 Å². The van der Waals surface area contributed by atoms with Crippen molar-refractivity contribution in [2.45, 2.75) is 155 Å². The Morgan fingerprint density at radius 3 is 1.21 bits per heavy atom. The molecule has 4 aromatic carbocycles. The van der Waals surface area contributed by atoms with Gasteiger partial charge >= 0.3 is 5.97 Å². The number of aromatic nitrogens is 2. The van der Waals surface area contributed by atoms with Crippen molar-refractivity contribution in [3.05, 3.63) is 140 Å². The van der Waals surface area contributed by atoms with Gasteiger partial charge in [0.2, 0.25) is 5.91 Å². The summed E-state index contributed by atoms with van der Waals surface area (Å²) in [5.74, 6) is -1.28. The maximum atomic E-state index is 13.5. The minimum atomic E-state index is -2.47. The summed E-state index contributed by atoms with van der Waals surface area (Å²) in [6, 6.07) is 16.7. The summed E-state index contributed by atoms with van der Waals surface area (Å²) in [4.78, 5) is 64.2. The highest BCUT2D eigenvalue weighted by Gasteiger charge is 2.50. The molecule has 2 aliphatic rings. The van der Waals surface area contributed by atoms with Crippen LogP contribution in [0.4, 0.5) is 8.78 Å². The Bertz CT molecular complexity index is 2940. The van der Waals surface area contributed by atoms with Crippen LogP contribution in [0, 0.1) is 11.6 Å². The van der Waals surface area contributed by atoms with Crippen molar-refractivity contribution in [3.8, 4) is 11.5 Å². The third kappa shape index (κ3) is 10.9. The number of carbonyl (C=O) groups excluding carboxylic acids is 3. The number of carbonyl (C=O) groups is 4. The van der Waals surface area contributed by atoms with E-state index in [1.54, 1.807) is 60.6 Å². The van der Waals surface area contributed by atoms with Crippen molar-refractivity contribution >= 4 is 62.1 Å². The zero-order chi connectivity index (χ0) is 55.9. The number of nitrogens with two attached hydrogens (primary N) is 1. The van der Waals surface area contributed by atoms with E-state index in [4.69, 9.17) is 24.6 Å². The number of fused-ring (bicyclic) bond motifs is 4. The van der Waals surface area contributed by atoms with Crippen molar-refractivity contribution in [2.24, 2.45) is 5.73 Å². The molecule has 6 aromatic rings. The number of pyridine rings is 2. The molecule has 0 saturated carbocycles. The van der Waals surface area contributed by atoms with Crippen molar-refractivity contribution in [2.75, 3.05) is 14.1 Å². The zero-order valence-electron chi connectivity index (χ0n) is 46.7. The molecule has 2 aromatic heterocycles. The fourth-order valence-corrected chi connectivity index (χ4v) is 23.2. The zero-order valence-corrected chi connectivity index (χ0v) is 48.7. The summed E-state index contributed by atoms with van der Waals surface area (Å²) in [5.41, 5.74) is 16.0. The molecule has 0 bridgehead atoms. The number of halogens is 2. The Balaban J connectivity index is 0.000000221. The van der Waals surface area contributed by atoms with Crippen LogP contribution in [0.25, 0.3) is 21.8 Å². The third-order valence-electron chi connectivity index (χ3n) is 16.0. The van der Waals surface area contributed by atoms with E-state index in [2.05, 4.69) is 83.1 Å². The van der Waals surface area contributed by atoms with Gasteiger partial charge in [-0.25, -0.2) is 8.78 Å². The molecule has 404 valence electrons. The van der Waals surface area contributed by atoms with E-state index in [0.29, 0.717) is 92.7 Å². The molecular weight excluding hydrogens is 997 g/mol. The molecule has 0 aliphatic carbocycles. The van der Waals surface area contributed by atoms with Gasteiger partial charge in [-0.2, -0.15) is 0 Å². The number of carboxylic acids is 1. The van der Waals surface area contributed by atoms with E-state index in [0.717, 1.165) is 38.8 Å². The van der Waals surface area contributed by atoms with Gasteiger partial charge in [-0.1, -0.05) is 107 Å². The predicted molar refractivity (Wildman–Crippen MR) is 301 cm³/mol. The number of benzene rings is 4. The number of rotatable bonds is 18. The maximum absolute atomic E-state index is 13.5. The van der Waals surface area contributed by atoms with Crippen molar-refractivity contribution < 1.29 is 41.9 Å². The Hall–Kier alpha value is -6.53. The second-order valence-electron chi connectivity index (χ2n) is 22.8. The molecule has 8 rings (SSSR count). The predicted octanol–water partition coefficient (Wildman–Crippen LogP) is 12.9. The lowest BCUT2D eigenvalue weighted by Gasteiger charge is -2.42. The molecule has 2 aliphatic heterocycles. The number of aliphatic carboxylic acids is 1. The van der Waals surface area contributed by atoms with E-state index >= 15 is 0 Å². The molecule has 4 heterocycles. The minimum Gasteiger partial charge on any atom is -0.541 e. The summed E-state index contributed by atoms with van der Waals surface area (Å²) in [5, 5.41) is 11.3. The van der Waals surface area contributed by atoms with Crippen molar-refractivity contribution in [1.82, 2.24) is 19.8 Å². The molecule has 0 unspecified atom stereocenters. The topological polar surface area (TPSA) is 165 Å². The van der Waals surface area contributed by atoms with Crippen LogP contribution in [-0.2, 0) is 48.4 Å². The van der Waals surface area contributed by atoms with E-state index < -0.39 is 28.5 Å². The summed E-state index contributed by atoms with van der Waals surface area (Å²) in [6.45, 7) is 27.1. The first-order valence-corrected chi connectivity index (χ1v) is 30.8. The first kappa shape index (κ1) is 57.2. The molecule has 0 spiro atoms. The molecule has 0 saturated heterocycles. The Kier molecular flexibility index (Phi) is 17.0. The fourth-order valence-electron chi connectivity index (χ4n) is 12.6. The lowest BCUT2D eigenvalue weighted by molar-refractivity contribution is -0.136. The van der Waals surface area contributed by atoms with Gasteiger partial charge in [0.05, 0.1) is 24.0 Å². The average molecular weight is 1070 g/mol. The molecule has 0 fully saturated rings. The SMILES string of the molecule is CC(C)[Si](Oc1c2c(c(CC(=O)O)c3cc(Cc4ccc(F)cc4)cnc13)CN(C)C2=O)(C(C)C)C(C)C.CC(C)[Si](Oc1c2c(c(CC(N)=O)c3cc(Cc4ccc(F)cc4)cnc13)CN(C)C2=O)(C(C)C)C(C)C. The maximum Gasteiger partial charge on any atom is 0.307 e. The monoisotopic (exact) mass is 1070 g/mol. The van der Waals surface area contributed by atoms with Gasteiger partial charge in [-0.05, 0) is 127 Å². The number of hydrogen-bond acceptors (Lipinski definition) is 8. The van der Waals surface area contributed by atoms with Gasteiger partial charge in [-0.15, -0.1) is 0 Å². The lowest BCUT2D eigenvalue weighted by atomic mass is 9.93. The van der Waals surface area contributed by atoms with Crippen LogP contribution in [0.15, 0.2) is 73.1 Å². The molecule has 0 radical (unpaired) electrons. The van der Waals surface area contributed by atoms with Gasteiger partial charge in [0.1, 0.15) is 34.2 Å². The number of nitrogens with zero attached hydrogens (tertiary/aromatic N) is 4. The second kappa shape index (κ2) is 22.6. The lowest BCUT2D eigenvalue weighted by Crippen LogP contribution is -2.51. The highest BCUT2D eigenvalue weighted by Crippen LogP contribution is 2.50. The number of primary amides is 1. The van der Waals surface area contributed by atoms with Crippen LogP contribution < -0.4 is 14.6 Å². The molecule has 3 N–H and O–H groups in total. The van der Waals surface area contributed by atoms with E-state index in [-0.39, 0.29) is 52.9 Å². The van der Waals surface area contributed by atoms with Gasteiger partial charge in [0.15, 0.2) is 0 Å². The van der Waals surface area contributed by atoms with Gasteiger partial charge < -0.3 is 29.5 Å². The van der Waals surface area contributed by atoms with Crippen molar-refractivity contribution in [3.63, 3.8) is 0 Å². The molecule has 16 heteroatoms. The normalized spacial score (nSPS) is 13.8. The molecule has 3 amide bonds. The largest absolute Gasteiger partial charge is 0.541 e. The first-order valence-electron chi connectivity index (χ1n) is 26.5. The fraction of sp³-hybridized carbons (Fsp3) is 0.433. The van der Waals surface area contributed by atoms with Gasteiger partial charge in [-0.3, -0.25) is 29.1 Å². The Morgan fingerprint density at radius 1 is 0.579 bits per heavy atom.